The van der Waals surface area contributed by atoms with E-state index < -0.39 is 22.9 Å². The molecule has 1 aliphatic heterocycles. The van der Waals surface area contributed by atoms with E-state index in [-0.39, 0.29) is 40.1 Å². The number of rotatable bonds is 4. The highest BCUT2D eigenvalue weighted by Gasteiger charge is 2.40. The minimum Gasteiger partial charge on any atom is -0.507 e. The van der Waals surface area contributed by atoms with Crippen molar-refractivity contribution in [2.24, 2.45) is 5.92 Å². The summed E-state index contributed by atoms with van der Waals surface area (Å²) < 4.78 is 52.9. The van der Waals surface area contributed by atoms with E-state index in [9.17, 15) is 23.1 Å². The van der Waals surface area contributed by atoms with Gasteiger partial charge in [0, 0.05) is 11.5 Å². The molecule has 8 heteroatoms. The number of halogens is 3. The van der Waals surface area contributed by atoms with E-state index >= 15 is 0 Å². The smallest absolute Gasteiger partial charge is 0.450 e. The number of piperidine rings is 1. The van der Waals surface area contributed by atoms with E-state index in [2.05, 4.69) is 6.92 Å². The van der Waals surface area contributed by atoms with Crippen LogP contribution in [0.2, 0.25) is 0 Å². The molecule has 2 heterocycles. The Kier molecular flexibility index (Phi) is 5.90. The molecule has 4 rings (SSSR count). The third-order valence-corrected chi connectivity index (χ3v) is 6.06. The van der Waals surface area contributed by atoms with Gasteiger partial charge in [-0.15, -0.1) is 0 Å². The van der Waals surface area contributed by atoms with E-state index in [1.807, 2.05) is 0 Å². The SMILES string of the molecule is COc1ccccc1-c1c(C(F)(F)F)oc2c(C[NH+]3CCCC(C)C3)c(O)ccc2c1=O. The van der Waals surface area contributed by atoms with Crippen LogP contribution in [0.1, 0.15) is 31.1 Å². The predicted molar refractivity (Wildman–Crippen MR) is 114 cm³/mol. The molecule has 3 aromatic rings. The lowest BCUT2D eigenvalue weighted by Gasteiger charge is -2.28. The quantitative estimate of drug-likeness (QED) is 0.633. The van der Waals surface area contributed by atoms with Gasteiger partial charge >= 0.3 is 6.18 Å². The first-order valence-corrected chi connectivity index (χ1v) is 10.6. The number of phenols is 1. The number of para-hydroxylation sites is 1. The van der Waals surface area contributed by atoms with Crippen molar-refractivity contribution in [1.82, 2.24) is 0 Å². The van der Waals surface area contributed by atoms with Gasteiger partial charge in [-0.3, -0.25) is 4.79 Å². The van der Waals surface area contributed by atoms with Crippen molar-refractivity contribution >= 4 is 11.0 Å². The lowest BCUT2D eigenvalue weighted by Crippen LogP contribution is -3.12. The first kappa shape index (κ1) is 22.2. The summed E-state index contributed by atoms with van der Waals surface area (Å²) in [5.41, 5.74) is -1.40. The average molecular weight is 448 g/mol. The fraction of sp³-hybridized carbons (Fsp3) is 0.375. The van der Waals surface area contributed by atoms with Crippen LogP contribution < -0.4 is 15.1 Å². The molecule has 1 aliphatic rings. The maximum Gasteiger partial charge on any atom is 0.450 e. The molecule has 0 aliphatic carbocycles. The zero-order valence-corrected chi connectivity index (χ0v) is 17.9. The van der Waals surface area contributed by atoms with Crippen LogP contribution in [-0.4, -0.2) is 25.3 Å². The molecule has 0 saturated carbocycles. The topological polar surface area (TPSA) is 64.1 Å². The summed E-state index contributed by atoms with van der Waals surface area (Å²) in [6, 6.07) is 8.69. The number of phenolic OH excluding ortho intramolecular Hbond substituents is 1. The van der Waals surface area contributed by atoms with Gasteiger partial charge in [-0.1, -0.05) is 25.1 Å². The summed E-state index contributed by atoms with van der Waals surface area (Å²) in [6.45, 7) is 4.09. The molecule has 0 radical (unpaired) electrons. The van der Waals surface area contributed by atoms with Gasteiger partial charge < -0.3 is 19.2 Å². The predicted octanol–water partition coefficient (Wildman–Crippen LogP) is 4.01. The number of nitrogens with one attached hydrogen (secondary N) is 1. The third kappa shape index (κ3) is 4.07. The van der Waals surface area contributed by atoms with Gasteiger partial charge in [0.25, 0.3) is 0 Å². The molecule has 170 valence electrons. The number of quaternary nitrogens is 1. The molecule has 2 unspecified atom stereocenters. The molecule has 1 saturated heterocycles. The highest BCUT2D eigenvalue weighted by molar-refractivity contribution is 5.87. The van der Waals surface area contributed by atoms with Gasteiger partial charge in [0.2, 0.25) is 11.2 Å². The molecule has 32 heavy (non-hydrogen) atoms. The van der Waals surface area contributed by atoms with Crippen molar-refractivity contribution in [2.45, 2.75) is 32.5 Å². The van der Waals surface area contributed by atoms with Gasteiger partial charge in [0.15, 0.2) is 5.58 Å². The Morgan fingerprint density at radius 3 is 2.66 bits per heavy atom. The van der Waals surface area contributed by atoms with Crippen molar-refractivity contribution in [2.75, 3.05) is 20.2 Å². The maximum atomic E-state index is 14.1. The summed E-state index contributed by atoms with van der Waals surface area (Å²) in [4.78, 5) is 14.5. The lowest BCUT2D eigenvalue weighted by atomic mass is 9.98. The Balaban J connectivity index is 1.97. The summed E-state index contributed by atoms with van der Waals surface area (Å²) in [7, 11) is 1.33. The van der Waals surface area contributed by atoms with Crippen molar-refractivity contribution in [3.8, 4) is 22.6 Å². The summed E-state index contributed by atoms with van der Waals surface area (Å²) in [5, 5.41) is 10.5. The monoisotopic (exact) mass is 448 g/mol. The number of aromatic hydroxyl groups is 1. The summed E-state index contributed by atoms with van der Waals surface area (Å²) in [5.74, 6) is -0.959. The first-order valence-electron chi connectivity index (χ1n) is 10.6. The van der Waals surface area contributed by atoms with E-state index in [1.54, 1.807) is 6.07 Å². The Labute approximate surface area is 183 Å². The summed E-state index contributed by atoms with van der Waals surface area (Å²) >= 11 is 0. The highest BCUT2D eigenvalue weighted by Crippen LogP contribution is 2.41. The van der Waals surface area contributed by atoms with Crippen LogP contribution in [-0.2, 0) is 12.7 Å². The maximum absolute atomic E-state index is 14.1. The zero-order valence-electron chi connectivity index (χ0n) is 17.9. The number of benzene rings is 2. The number of fused-ring (bicyclic) bond motifs is 1. The minimum absolute atomic E-state index is 0.00285. The third-order valence-electron chi connectivity index (χ3n) is 6.06. The van der Waals surface area contributed by atoms with E-state index in [4.69, 9.17) is 9.15 Å². The van der Waals surface area contributed by atoms with Crippen LogP contribution in [0.5, 0.6) is 11.5 Å². The fourth-order valence-electron chi connectivity index (χ4n) is 4.58. The lowest BCUT2D eigenvalue weighted by molar-refractivity contribution is -0.922. The van der Waals surface area contributed by atoms with Gasteiger partial charge in [-0.05, 0) is 31.0 Å². The van der Waals surface area contributed by atoms with Gasteiger partial charge in [0.1, 0.15) is 18.0 Å². The normalized spacial score (nSPS) is 19.3. The second kappa shape index (κ2) is 8.50. The summed E-state index contributed by atoms with van der Waals surface area (Å²) in [6.07, 6.45) is -2.82. The van der Waals surface area contributed by atoms with Crippen LogP contribution in [0, 0.1) is 5.92 Å². The minimum atomic E-state index is -4.92. The number of hydrogen-bond donors (Lipinski definition) is 2. The van der Waals surface area contributed by atoms with Crippen molar-refractivity contribution < 1.29 is 32.3 Å². The Bertz CT molecular complexity index is 1200. The van der Waals surface area contributed by atoms with Crippen LogP contribution in [0.4, 0.5) is 13.2 Å². The molecule has 2 atom stereocenters. The van der Waals surface area contributed by atoms with Gasteiger partial charge in [-0.2, -0.15) is 13.2 Å². The van der Waals surface area contributed by atoms with Crippen LogP contribution >= 0.6 is 0 Å². The molecular formula is C24H25F3NO4+. The number of ether oxygens (including phenoxy) is 1. The van der Waals surface area contributed by atoms with E-state index in [1.165, 1.54) is 37.4 Å². The van der Waals surface area contributed by atoms with Crippen LogP contribution in [0.25, 0.3) is 22.1 Å². The van der Waals surface area contributed by atoms with Crippen LogP contribution in [0.3, 0.4) is 0 Å². The highest BCUT2D eigenvalue weighted by atomic mass is 19.4. The van der Waals surface area contributed by atoms with E-state index in [0.29, 0.717) is 5.92 Å². The number of hydrogen-bond acceptors (Lipinski definition) is 4. The van der Waals surface area contributed by atoms with Gasteiger partial charge in [0.05, 0.1) is 36.7 Å². The molecule has 1 aromatic heterocycles. The Morgan fingerprint density at radius 2 is 1.97 bits per heavy atom. The number of methoxy groups -OCH3 is 1. The van der Waals surface area contributed by atoms with Crippen molar-refractivity contribution in [3.63, 3.8) is 0 Å². The largest absolute Gasteiger partial charge is 0.507 e. The molecule has 0 bridgehead atoms. The number of alkyl halides is 3. The van der Waals surface area contributed by atoms with E-state index in [0.717, 1.165) is 30.8 Å². The first-order chi connectivity index (χ1) is 15.2. The van der Waals surface area contributed by atoms with Crippen molar-refractivity contribution in [3.05, 3.63) is 57.9 Å². The Morgan fingerprint density at radius 1 is 1.22 bits per heavy atom. The zero-order chi connectivity index (χ0) is 23.0. The molecule has 2 N–H and O–H groups in total. The average Bonchev–Trinajstić information content (AvgIpc) is 2.75. The second-order valence-corrected chi connectivity index (χ2v) is 8.40. The molecule has 1 fully saturated rings. The molecular weight excluding hydrogens is 423 g/mol. The standard InChI is InChI=1S/C24H24F3NO4/c1-14-6-5-11-28(12-14)13-17-18(29)10-9-16-21(30)20(15-7-3-4-8-19(15)31-2)23(24(25,26)27)32-22(16)17/h3-4,7-10,14,29H,5-6,11-13H2,1-2H3/p+1. The molecule has 0 amide bonds. The fourth-order valence-corrected chi connectivity index (χ4v) is 4.58. The van der Waals surface area contributed by atoms with Crippen LogP contribution in [0.15, 0.2) is 45.6 Å². The molecule has 5 nitrogen and oxygen atoms in total. The Hall–Kier alpha value is -3.00. The van der Waals surface area contributed by atoms with Gasteiger partial charge in [-0.25, -0.2) is 0 Å². The molecule has 2 aromatic carbocycles. The van der Waals surface area contributed by atoms with Crippen molar-refractivity contribution in [1.29, 1.82) is 0 Å². The molecule has 0 spiro atoms. The second-order valence-electron chi connectivity index (χ2n) is 8.40. The number of likely N-dealkylation sites (tertiary alicyclic amines) is 1.